The van der Waals surface area contributed by atoms with Gasteiger partial charge in [0.25, 0.3) is 5.56 Å². The Balaban J connectivity index is 1.63. The lowest BCUT2D eigenvalue weighted by Gasteiger charge is -2.07. The number of fused-ring (bicyclic) bond motifs is 1. The minimum atomic E-state index is -0.421. The highest BCUT2D eigenvalue weighted by atomic mass is 19.1. The van der Waals surface area contributed by atoms with Gasteiger partial charge < -0.3 is 15.6 Å². The molecule has 27 heavy (non-hydrogen) atoms. The number of anilines is 2. The maximum Gasteiger partial charge on any atom is 0.251 e. The second kappa shape index (κ2) is 7.82. The highest BCUT2D eigenvalue weighted by Crippen LogP contribution is 2.15. The summed E-state index contributed by atoms with van der Waals surface area (Å²) >= 11 is 0. The van der Waals surface area contributed by atoms with Gasteiger partial charge in [-0.3, -0.25) is 14.4 Å². The largest absolute Gasteiger partial charge is 0.326 e. The third-order valence-electron chi connectivity index (χ3n) is 4.00. The number of amides is 2. The van der Waals surface area contributed by atoms with Gasteiger partial charge in [-0.2, -0.15) is 0 Å². The molecule has 1 heterocycles. The van der Waals surface area contributed by atoms with Crippen molar-refractivity contribution in [2.75, 3.05) is 10.6 Å². The number of H-pyrrole nitrogens is 1. The Bertz CT molecular complexity index is 1060. The maximum atomic E-state index is 13.2. The SMILES string of the molecule is CC(=O)Nc1ccc(NC(=O)CCc2cc3ccc(F)cc3[nH]c2=O)cc1. The summed E-state index contributed by atoms with van der Waals surface area (Å²) in [6.07, 6.45) is 0.391. The van der Waals surface area contributed by atoms with Gasteiger partial charge in [0.1, 0.15) is 5.82 Å². The van der Waals surface area contributed by atoms with Crippen LogP contribution in [-0.2, 0) is 16.0 Å². The first-order valence-corrected chi connectivity index (χ1v) is 8.40. The number of aromatic nitrogens is 1. The molecule has 0 aliphatic carbocycles. The van der Waals surface area contributed by atoms with E-state index in [4.69, 9.17) is 0 Å². The van der Waals surface area contributed by atoms with Crippen LogP contribution in [0.3, 0.4) is 0 Å². The average Bonchev–Trinajstić information content (AvgIpc) is 2.61. The number of aromatic amines is 1. The monoisotopic (exact) mass is 367 g/mol. The van der Waals surface area contributed by atoms with Gasteiger partial charge in [-0.15, -0.1) is 0 Å². The summed E-state index contributed by atoms with van der Waals surface area (Å²) in [5, 5.41) is 6.09. The summed E-state index contributed by atoms with van der Waals surface area (Å²) in [4.78, 5) is 37.8. The first kappa shape index (κ1) is 18.3. The topological polar surface area (TPSA) is 91.1 Å². The zero-order valence-electron chi connectivity index (χ0n) is 14.6. The van der Waals surface area contributed by atoms with Gasteiger partial charge in [0.05, 0.1) is 5.52 Å². The van der Waals surface area contributed by atoms with Crippen LogP contribution in [-0.4, -0.2) is 16.8 Å². The Kier molecular flexibility index (Phi) is 5.30. The van der Waals surface area contributed by atoms with Crippen molar-refractivity contribution in [2.24, 2.45) is 0 Å². The fourth-order valence-corrected chi connectivity index (χ4v) is 2.72. The first-order valence-electron chi connectivity index (χ1n) is 8.40. The number of benzene rings is 2. The molecule has 3 N–H and O–H groups in total. The summed E-state index contributed by atoms with van der Waals surface area (Å²) in [5.41, 5.74) is 1.79. The predicted octanol–water partition coefficient (Wildman–Crippen LogP) is 3.20. The zero-order chi connectivity index (χ0) is 19.4. The van der Waals surface area contributed by atoms with Crippen LogP contribution >= 0.6 is 0 Å². The fourth-order valence-electron chi connectivity index (χ4n) is 2.72. The van der Waals surface area contributed by atoms with Crippen LogP contribution < -0.4 is 16.2 Å². The molecule has 1 aromatic heterocycles. The van der Waals surface area contributed by atoms with Crippen molar-refractivity contribution >= 4 is 34.1 Å². The van der Waals surface area contributed by atoms with Crippen LogP contribution in [0.5, 0.6) is 0 Å². The van der Waals surface area contributed by atoms with Crippen LogP contribution in [0, 0.1) is 5.82 Å². The molecule has 0 atom stereocenters. The molecule has 0 unspecified atom stereocenters. The van der Waals surface area contributed by atoms with E-state index in [-0.39, 0.29) is 30.2 Å². The summed E-state index contributed by atoms with van der Waals surface area (Å²) in [5.74, 6) is -0.828. The molecular formula is C20H18FN3O3. The summed E-state index contributed by atoms with van der Waals surface area (Å²) < 4.78 is 13.2. The molecule has 7 heteroatoms. The van der Waals surface area contributed by atoms with Crippen molar-refractivity contribution in [3.8, 4) is 0 Å². The number of nitrogens with one attached hydrogen (secondary N) is 3. The van der Waals surface area contributed by atoms with E-state index in [2.05, 4.69) is 15.6 Å². The molecule has 3 aromatic rings. The van der Waals surface area contributed by atoms with Gasteiger partial charge in [0.15, 0.2) is 0 Å². The summed E-state index contributed by atoms with van der Waals surface area (Å²) in [6.45, 7) is 1.42. The lowest BCUT2D eigenvalue weighted by atomic mass is 10.1. The van der Waals surface area contributed by atoms with Gasteiger partial charge in [-0.05, 0) is 60.3 Å². The van der Waals surface area contributed by atoms with Crippen LogP contribution in [0.25, 0.3) is 10.9 Å². The Morgan fingerprint density at radius 2 is 1.67 bits per heavy atom. The lowest BCUT2D eigenvalue weighted by Crippen LogP contribution is -2.17. The zero-order valence-corrected chi connectivity index (χ0v) is 14.6. The molecule has 0 saturated heterocycles. The minimum Gasteiger partial charge on any atom is -0.326 e. The Hall–Kier alpha value is -3.48. The summed E-state index contributed by atoms with van der Waals surface area (Å²) in [7, 11) is 0. The molecular weight excluding hydrogens is 349 g/mol. The average molecular weight is 367 g/mol. The highest BCUT2D eigenvalue weighted by Gasteiger charge is 2.08. The smallest absolute Gasteiger partial charge is 0.251 e. The standard InChI is InChI=1S/C20H18FN3O3/c1-12(25)22-16-5-7-17(8-6-16)23-19(26)9-3-14-10-13-2-4-15(21)11-18(13)24-20(14)27/h2,4-8,10-11H,3,9H2,1H3,(H,22,25)(H,23,26)(H,24,27). The number of pyridine rings is 1. The van der Waals surface area contributed by atoms with Crippen molar-refractivity contribution in [3.05, 3.63) is 70.3 Å². The van der Waals surface area contributed by atoms with Crippen LogP contribution in [0.15, 0.2) is 53.3 Å². The molecule has 0 bridgehead atoms. The van der Waals surface area contributed by atoms with Crippen LogP contribution in [0.2, 0.25) is 0 Å². The van der Waals surface area contributed by atoms with Crippen molar-refractivity contribution in [3.63, 3.8) is 0 Å². The second-order valence-corrected chi connectivity index (χ2v) is 6.16. The van der Waals surface area contributed by atoms with E-state index in [1.165, 1.54) is 19.1 Å². The molecule has 6 nitrogen and oxygen atoms in total. The van der Waals surface area contributed by atoms with E-state index in [1.807, 2.05) is 0 Å². The molecule has 0 radical (unpaired) electrons. The maximum absolute atomic E-state index is 13.2. The molecule has 0 spiro atoms. The molecule has 138 valence electrons. The summed E-state index contributed by atoms with van der Waals surface area (Å²) in [6, 6.07) is 12.6. The van der Waals surface area contributed by atoms with E-state index >= 15 is 0 Å². The first-order chi connectivity index (χ1) is 12.9. The van der Waals surface area contributed by atoms with Crippen molar-refractivity contribution in [1.82, 2.24) is 4.98 Å². The number of hydrogen-bond donors (Lipinski definition) is 3. The quantitative estimate of drug-likeness (QED) is 0.647. The fraction of sp³-hybridized carbons (Fsp3) is 0.150. The van der Waals surface area contributed by atoms with E-state index in [1.54, 1.807) is 36.4 Å². The molecule has 2 amide bonds. The Morgan fingerprint density at radius 1 is 1.00 bits per heavy atom. The van der Waals surface area contributed by atoms with E-state index in [0.717, 1.165) is 0 Å². The molecule has 3 rings (SSSR count). The van der Waals surface area contributed by atoms with E-state index in [0.29, 0.717) is 27.8 Å². The van der Waals surface area contributed by atoms with E-state index < -0.39 is 5.82 Å². The van der Waals surface area contributed by atoms with Gasteiger partial charge in [-0.1, -0.05) is 0 Å². The van der Waals surface area contributed by atoms with E-state index in [9.17, 15) is 18.8 Å². The number of carbonyl (C=O) groups excluding carboxylic acids is 2. The van der Waals surface area contributed by atoms with Crippen molar-refractivity contribution < 1.29 is 14.0 Å². The van der Waals surface area contributed by atoms with Crippen LogP contribution in [0.1, 0.15) is 18.9 Å². The Morgan fingerprint density at radius 3 is 2.33 bits per heavy atom. The van der Waals surface area contributed by atoms with Crippen molar-refractivity contribution in [1.29, 1.82) is 0 Å². The third-order valence-corrected chi connectivity index (χ3v) is 4.00. The number of aryl methyl sites for hydroxylation is 1. The normalized spacial score (nSPS) is 10.6. The van der Waals surface area contributed by atoms with Gasteiger partial charge in [0.2, 0.25) is 11.8 Å². The lowest BCUT2D eigenvalue weighted by molar-refractivity contribution is -0.116. The predicted molar refractivity (Wildman–Crippen MR) is 102 cm³/mol. The van der Waals surface area contributed by atoms with Gasteiger partial charge in [-0.25, -0.2) is 4.39 Å². The second-order valence-electron chi connectivity index (χ2n) is 6.16. The molecule has 0 fully saturated rings. The van der Waals surface area contributed by atoms with Crippen LogP contribution in [0.4, 0.5) is 15.8 Å². The Labute approximate surface area is 154 Å². The van der Waals surface area contributed by atoms with Crippen molar-refractivity contribution in [2.45, 2.75) is 19.8 Å². The number of hydrogen-bond acceptors (Lipinski definition) is 3. The van der Waals surface area contributed by atoms with Gasteiger partial charge in [0, 0.05) is 30.3 Å². The molecule has 0 saturated carbocycles. The molecule has 0 aliphatic rings. The molecule has 0 aliphatic heterocycles. The van der Waals surface area contributed by atoms with Gasteiger partial charge >= 0.3 is 0 Å². The number of carbonyl (C=O) groups is 2. The third kappa shape index (κ3) is 4.78. The highest BCUT2D eigenvalue weighted by molar-refractivity contribution is 5.92. The number of rotatable bonds is 5. The minimum absolute atomic E-state index is 0.128. The number of halogens is 1. The molecule has 2 aromatic carbocycles.